The van der Waals surface area contributed by atoms with Crippen LogP contribution in [0.15, 0.2) is 57.2 Å². The van der Waals surface area contributed by atoms with Crippen LogP contribution in [0.1, 0.15) is 11.1 Å². The molecule has 3 nitrogen and oxygen atoms in total. The molecule has 2 aromatic rings. The summed E-state index contributed by atoms with van der Waals surface area (Å²) in [5.41, 5.74) is 1.66. The molecule has 0 aliphatic rings. The topological polar surface area (TPSA) is 57.9 Å². The molecule has 0 N–H and O–H groups in total. The first-order valence-corrected chi connectivity index (χ1v) is 8.60. The van der Waals surface area contributed by atoms with Crippen LogP contribution in [0, 0.1) is 18.3 Å². The first-order valence-electron chi connectivity index (χ1n) is 5.89. The fourth-order valence-electron chi connectivity index (χ4n) is 1.75. The number of hydrogen-bond acceptors (Lipinski definition) is 4. The second-order valence-corrected chi connectivity index (χ2v) is 7.51. The van der Waals surface area contributed by atoms with Gasteiger partial charge in [0, 0.05) is 16.0 Å². The molecule has 20 heavy (non-hydrogen) atoms. The Hall–Kier alpha value is -1.77. The molecular weight excluding hydrogens is 290 g/mol. The third kappa shape index (κ3) is 3.21. The summed E-state index contributed by atoms with van der Waals surface area (Å²) in [5, 5.41) is 9.13. The summed E-state index contributed by atoms with van der Waals surface area (Å²) in [7, 11) is -3.18. The quantitative estimate of drug-likeness (QED) is 0.871. The molecule has 0 amide bonds. The number of aryl methyl sites for hydroxylation is 1. The van der Waals surface area contributed by atoms with Crippen molar-refractivity contribution >= 4 is 21.6 Å². The number of rotatable bonds is 3. The summed E-state index contributed by atoms with van der Waals surface area (Å²) in [6.45, 7) is 1.95. The molecule has 2 rings (SSSR count). The van der Waals surface area contributed by atoms with Gasteiger partial charge in [-0.1, -0.05) is 23.9 Å². The van der Waals surface area contributed by atoms with Gasteiger partial charge in [-0.15, -0.1) is 0 Å². The summed E-state index contributed by atoms with van der Waals surface area (Å²) in [6.07, 6.45) is 1.18. The lowest BCUT2D eigenvalue weighted by Gasteiger charge is -2.08. The van der Waals surface area contributed by atoms with Gasteiger partial charge in [-0.25, -0.2) is 8.42 Å². The summed E-state index contributed by atoms with van der Waals surface area (Å²) < 4.78 is 22.8. The van der Waals surface area contributed by atoms with E-state index >= 15 is 0 Å². The molecule has 0 aliphatic carbocycles. The third-order valence-corrected chi connectivity index (χ3v) is 5.19. The Morgan fingerprint density at radius 2 is 1.75 bits per heavy atom. The predicted molar refractivity (Wildman–Crippen MR) is 79.6 cm³/mol. The van der Waals surface area contributed by atoms with Crippen molar-refractivity contribution in [3.05, 3.63) is 53.6 Å². The van der Waals surface area contributed by atoms with Crippen LogP contribution in [0.25, 0.3) is 0 Å². The van der Waals surface area contributed by atoms with Crippen LogP contribution in [0.2, 0.25) is 0 Å². The number of nitrogens with zero attached hydrogens (tertiary/aromatic N) is 1. The van der Waals surface area contributed by atoms with Gasteiger partial charge in [0.15, 0.2) is 9.84 Å². The molecule has 0 heterocycles. The van der Waals surface area contributed by atoms with E-state index in [1.807, 2.05) is 19.1 Å². The fraction of sp³-hybridized carbons (Fsp3) is 0.133. The molecule has 5 heteroatoms. The fourth-order valence-corrected chi connectivity index (χ4v) is 3.34. The lowest BCUT2D eigenvalue weighted by Crippen LogP contribution is -1.96. The van der Waals surface area contributed by atoms with Crippen LogP contribution in [-0.4, -0.2) is 14.7 Å². The zero-order chi connectivity index (χ0) is 14.8. The highest BCUT2D eigenvalue weighted by molar-refractivity contribution is 7.99. The Morgan fingerprint density at radius 1 is 1.10 bits per heavy atom. The van der Waals surface area contributed by atoms with Crippen LogP contribution < -0.4 is 0 Å². The molecule has 0 radical (unpaired) electrons. The summed E-state index contributed by atoms with van der Waals surface area (Å²) in [6, 6.07) is 14.4. The van der Waals surface area contributed by atoms with E-state index in [2.05, 4.69) is 6.07 Å². The Bertz CT molecular complexity index is 773. The Balaban J connectivity index is 2.35. The maximum atomic E-state index is 11.4. The molecular formula is C15H13NO2S2. The minimum Gasteiger partial charge on any atom is -0.224 e. The Labute approximate surface area is 123 Å². The molecule has 0 saturated heterocycles. The lowest BCUT2D eigenvalue weighted by atomic mass is 10.1. The van der Waals surface area contributed by atoms with E-state index in [-0.39, 0.29) is 0 Å². The van der Waals surface area contributed by atoms with Crippen molar-refractivity contribution in [3.8, 4) is 6.07 Å². The van der Waals surface area contributed by atoms with Gasteiger partial charge in [0.25, 0.3) is 0 Å². The molecule has 102 valence electrons. The van der Waals surface area contributed by atoms with Crippen molar-refractivity contribution in [2.75, 3.05) is 6.26 Å². The minimum atomic E-state index is -3.18. The average Bonchev–Trinajstić information content (AvgIpc) is 2.40. The number of benzene rings is 2. The SMILES string of the molecule is Cc1cccc(C#N)c1Sc1ccc(S(C)(=O)=O)cc1. The van der Waals surface area contributed by atoms with E-state index in [1.165, 1.54) is 18.0 Å². The second kappa shape index (κ2) is 5.70. The van der Waals surface area contributed by atoms with Crippen LogP contribution in [0.4, 0.5) is 0 Å². The van der Waals surface area contributed by atoms with Gasteiger partial charge in [-0.05, 0) is 42.8 Å². The smallest absolute Gasteiger partial charge is 0.175 e. The van der Waals surface area contributed by atoms with Crippen molar-refractivity contribution in [1.82, 2.24) is 0 Å². The highest BCUT2D eigenvalue weighted by Gasteiger charge is 2.09. The van der Waals surface area contributed by atoms with Gasteiger partial charge in [-0.3, -0.25) is 0 Å². The molecule has 0 bridgehead atoms. The van der Waals surface area contributed by atoms with Crippen LogP contribution >= 0.6 is 11.8 Å². The molecule has 2 aromatic carbocycles. The zero-order valence-corrected chi connectivity index (χ0v) is 12.8. The zero-order valence-electron chi connectivity index (χ0n) is 11.1. The highest BCUT2D eigenvalue weighted by atomic mass is 32.2. The molecule has 0 saturated carbocycles. The van der Waals surface area contributed by atoms with Crippen LogP contribution in [0.3, 0.4) is 0 Å². The van der Waals surface area contributed by atoms with E-state index in [4.69, 9.17) is 5.26 Å². The molecule has 0 fully saturated rings. The molecule has 0 aromatic heterocycles. The van der Waals surface area contributed by atoms with Crippen LogP contribution in [-0.2, 0) is 9.84 Å². The van der Waals surface area contributed by atoms with E-state index in [1.54, 1.807) is 30.3 Å². The van der Waals surface area contributed by atoms with Gasteiger partial charge in [-0.2, -0.15) is 5.26 Å². The summed E-state index contributed by atoms with van der Waals surface area (Å²) in [4.78, 5) is 2.11. The number of hydrogen-bond donors (Lipinski definition) is 0. The van der Waals surface area contributed by atoms with E-state index in [0.717, 1.165) is 15.4 Å². The minimum absolute atomic E-state index is 0.298. The third-order valence-electron chi connectivity index (χ3n) is 2.80. The molecule has 0 unspecified atom stereocenters. The van der Waals surface area contributed by atoms with Crippen molar-refractivity contribution in [1.29, 1.82) is 5.26 Å². The second-order valence-electron chi connectivity index (χ2n) is 4.41. The van der Waals surface area contributed by atoms with Gasteiger partial charge in [0.1, 0.15) is 6.07 Å². The van der Waals surface area contributed by atoms with Gasteiger partial charge in [0.05, 0.1) is 10.5 Å². The standard InChI is InChI=1S/C15H13NO2S2/c1-11-4-3-5-12(10-16)15(11)19-13-6-8-14(9-7-13)20(2,17)18/h3-9H,1-2H3. The van der Waals surface area contributed by atoms with E-state index in [9.17, 15) is 8.42 Å². The maximum Gasteiger partial charge on any atom is 0.175 e. The maximum absolute atomic E-state index is 11.4. The average molecular weight is 303 g/mol. The predicted octanol–water partition coefficient (Wildman–Crippen LogP) is 3.42. The van der Waals surface area contributed by atoms with Crippen molar-refractivity contribution in [2.24, 2.45) is 0 Å². The molecule has 0 aliphatic heterocycles. The summed E-state index contributed by atoms with van der Waals surface area (Å²) >= 11 is 1.47. The molecule has 0 atom stereocenters. The monoisotopic (exact) mass is 303 g/mol. The number of nitriles is 1. The number of sulfone groups is 1. The Kier molecular flexibility index (Phi) is 4.17. The van der Waals surface area contributed by atoms with E-state index < -0.39 is 9.84 Å². The normalized spacial score (nSPS) is 11.1. The largest absolute Gasteiger partial charge is 0.224 e. The van der Waals surface area contributed by atoms with Crippen molar-refractivity contribution in [3.63, 3.8) is 0 Å². The van der Waals surface area contributed by atoms with Gasteiger partial charge < -0.3 is 0 Å². The van der Waals surface area contributed by atoms with Gasteiger partial charge in [0.2, 0.25) is 0 Å². The lowest BCUT2D eigenvalue weighted by molar-refractivity contribution is 0.602. The molecule has 0 spiro atoms. The highest BCUT2D eigenvalue weighted by Crippen LogP contribution is 2.33. The van der Waals surface area contributed by atoms with E-state index in [0.29, 0.717) is 10.5 Å². The van der Waals surface area contributed by atoms with Gasteiger partial charge >= 0.3 is 0 Å². The van der Waals surface area contributed by atoms with Crippen molar-refractivity contribution < 1.29 is 8.42 Å². The summed E-state index contributed by atoms with van der Waals surface area (Å²) in [5.74, 6) is 0. The van der Waals surface area contributed by atoms with Crippen molar-refractivity contribution in [2.45, 2.75) is 21.6 Å². The first-order chi connectivity index (χ1) is 9.41. The Morgan fingerprint density at radius 3 is 2.30 bits per heavy atom. The first kappa shape index (κ1) is 14.6. The van der Waals surface area contributed by atoms with Crippen LogP contribution in [0.5, 0.6) is 0 Å².